The molecule has 1 saturated carbocycles. The van der Waals surface area contributed by atoms with Gasteiger partial charge in [0.05, 0.1) is 18.1 Å². The molecule has 5 rings (SSSR count). The van der Waals surface area contributed by atoms with Crippen LogP contribution in [0.5, 0.6) is 0 Å². The van der Waals surface area contributed by atoms with Gasteiger partial charge in [-0.25, -0.2) is 8.42 Å². The molecule has 1 aromatic carbocycles. The van der Waals surface area contributed by atoms with Crippen LogP contribution in [0.15, 0.2) is 44.8 Å². The number of unbranched alkanes of at least 4 members (excludes halogenated alkanes) is 1. The Morgan fingerprint density at radius 2 is 1.88 bits per heavy atom. The van der Waals surface area contributed by atoms with Crippen LogP contribution < -0.4 is 4.72 Å². The number of hydrogen-bond acceptors (Lipinski definition) is 7. The summed E-state index contributed by atoms with van der Waals surface area (Å²) in [6.07, 6.45) is 11.6. The first-order valence-electron chi connectivity index (χ1n) is 15.2. The highest BCUT2D eigenvalue weighted by atomic mass is 32.2. The van der Waals surface area contributed by atoms with Gasteiger partial charge in [0.15, 0.2) is 5.82 Å². The summed E-state index contributed by atoms with van der Waals surface area (Å²) in [5.74, 6) is 1.78. The lowest BCUT2D eigenvalue weighted by Gasteiger charge is -2.24. The van der Waals surface area contributed by atoms with E-state index in [2.05, 4.69) is 16.8 Å². The first kappa shape index (κ1) is 30.2. The number of rotatable bonds is 12. The maximum Gasteiger partial charge on any atom is 0.263 e. The largest absolute Gasteiger partial charge is 0.377 e. The van der Waals surface area contributed by atoms with Crippen LogP contribution in [0, 0.1) is 13.8 Å². The third kappa shape index (κ3) is 5.97. The molecule has 1 fully saturated rings. The quantitative estimate of drug-likeness (QED) is 0.297. The van der Waals surface area contributed by atoms with E-state index in [1.54, 1.807) is 19.9 Å². The monoisotopic (exact) mass is 594 g/mol. The van der Waals surface area contributed by atoms with E-state index in [1.807, 2.05) is 36.1 Å². The van der Waals surface area contributed by atoms with Crippen LogP contribution in [-0.2, 0) is 32.7 Å². The van der Waals surface area contributed by atoms with Gasteiger partial charge < -0.3 is 9.26 Å². The SMILES string of the molecule is CCCCC1=NC2(CCCC2)C(=O)N1Cc1ccc(C2=CCCC=C2S(=O)(=O)Nc2noc(C)c2C)c(COCC)c1. The Morgan fingerprint density at radius 1 is 1.12 bits per heavy atom. The fraction of sp³-hybridized carbons (Fsp3) is 0.531. The van der Waals surface area contributed by atoms with Gasteiger partial charge in [0.25, 0.3) is 15.9 Å². The minimum atomic E-state index is -3.93. The molecule has 1 N–H and O–H groups in total. The molecule has 0 saturated heterocycles. The molecule has 0 unspecified atom stereocenters. The molecule has 0 radical (unpaired) electrons. The third-order valence-electron chi connectivity index (χ3n) is 8.53. The van der Waals surface area contributed by atoms with E-state index in [4.69, 9.17) is 14.3 Å². The number of amides is 1. The van der Waals surface area contributed by atoms with Crippen molar-refractivity contribution >= 4 is 33.2 Å². The van der Waals surface area contributed by atoms with E-state index in [9.17, 15) is 13.2 Å². The number of ether oxygens (including phenoxy) is 1. The number of aliphatic imine (C=N–C) groups is 1. The second kappa shape index (κ2) is 12.6. The Labute approximate surface area is 249 Å². The number of aryl methyl sites for hydroxylation is 1. The van der Waals surface area contributed by atoms with E-state index < -0.39 is 15.6 Å². The molecule has 0 bridgehead atoms. The van der Waals surface area contributed by atoms with E-state index in [0.29, 0.717) is 43.1 Å². The smallest absolute Gasteiger partial charge is 0.263 e. The van der Waals surface area contributed by atoms with Crippen LogP contribution in [0.1, 0.15) is 99.6 Å². The Bertz CT molecular complexity index is 1530. The van der Waals surface area contributed by atoms with Gasteiger partial charge in [0, 0.05) is 18.6 Å². The first-order chi connectivity index (χ1) is 20.2. The maximum absolute atomic E-state index is 13.7. The molecule has 1 aliphatic heterocycles. The van der Waals surface area contributed by atoms with E-state index in [-0.39, 0.29) is 16.6 Å². The number of allylic oxidation sites excluding steroid dienone is 3. The molecular formula is C32H42N4O5S. The van der Waals surface area contributed by atoms with Gasteiger partial charge in [0.1, 0.15) is 17.1 Å². The highest BCUT2D eigenvalue weighted by Crippen LogP contribution is 2.41. The van der Waals surface area contributed by atoms with Crippen molar-refractivity contribution in [2.24, 2.45) is 4.99 Å². The van der Waals surface area contributed by atoms with Crippen molar-refractivity contribution in [2.45, 2.75) is 104 Å². The summed E-state index contributed by atoms with van der Waals surface area (Å²) in [6.45, 7) is 8.89. The number of nitrogens with one attached hydrogen (secondary N) is 1. The van der Waals surface area contributed by atoms with E-state index in [0.717, 1.165) is 73.9 Å². The summed E-state index contributed by atoms with van der Waals surface area (Å²) >= 11 is 0. The van der Waals surface area contributed by atoms with Crippen LogP contribution in [0.25, 0.3) is 5.57 Å². The fourth-order valence-corrected chi connectivity index (χ4v) is 7.44. The molecule has 0 atom stereocenters. The average molecular weight is 595 g/mol. The van der Waals surface area contributed by atoms with E-state index >= 15 is 0 Å². The van der Waals surface area contributed by atoms with Crippen molar-refractivity contribution in [3.63, 3.8) is 0 Å². The molecule has 9 nitrogen and oxygen atoms in total. The predicted molar refractivity (Wildman–Crippen MR) is 164 cm³/mol. The van der Waals surface area contributed by atoms with E-state index in [1.165, 1.54) is 0 Å². The van der Waals surface area contributed by atoms with Crippen molar-refractivity contribution in [3.8, 4) is 0 Å². The molecule has 1 spiro atoms. The van der Waals surface area contributed by atoms with Gasteiger partial charge in [-0.15, -0.1) is 0 Å². The number of hydrogen-bond donors (Lipinski definition) is 1. The zero-order valence-corrected chi connectivity index (χ0v) is 26.0. The lowest BCUT2D eigenvalue weighted by Crippen LogP contribution is -2.40. The number of nitrogens with zero attached hydrogens (tertiary/aromatic N) is 3. The molecule has 42 heavy (non-hydrogen) atoms. The van der Waals surface area contributed by atoms with Crippen LogP contribution in [0.2, 0.25) is 0 Å². The number of sulfonamides is 1. The van der Waals surface area contributed by atoms with Gasteiger partial charge in [-0.1, -0.05) is 61.7 Å². The second-order valence-electron chi connectivity index (χ2n) is 11.5. The molecule has 3 aliphatic rings. The zero-order chi connectivity index (χ0) is 29.9. The summed E-state index contributed by atoms with van der Waals surface area (Å²) in [6, 6.07) is 6.01. The van der Waals surface area contributed by atoms with Crippen molar-refractivity contribution in [1.29, 1.82) is 0 Å². The van der Waals surface area contributed by atoms with Crippen LogP contribution >= 0.6 is 0 Å². The van der Waals surface area contributed by atoms with Crippen LogP contribution in [0.4, 0.5) is 5.82 Å². The lowest BCUT2D eigenvalue weighted by molar-refractivity contribution is -0.131. The molecule has 10 heteroatoms. The van der Waals surface area contributed by atoms with Crippen molar-refractivity contribution in [2.75, 3.05) is 11.3 Å². The normalized spacial score (nSPS) is 18.4. The summed E-state index contributed by atoms with van der Waals surface area (Å²) in [5, 5.41) is 3.89. The summed E-state index contributed by atoms with van der Waals surface area (Å²) in [7, 11) is -3.93. The molecule has 2 aliphatic carbocycles. The minimum absolute atomic E-state index is 0.123. The molecule has 1 amide bonds. The summed E-state index contributed by atoms with van der Waals surface area (Å²) in [5.41, 5.74) is 3.37. The number of amidine groups is 1. The molecule has 226 valence electrons. The van der Waals surface area contributed by atoms with Gasteiger partial charge >= 0.3 is 0 Å². The van der Waals surface area contributed by atoms with Gasteiger partial charge in [-0.2, -0.15) is 0 Å². The number of anilines is 1. The Morgan fingerprint density at radius 3 is 2.57 bits per heavy atom. The summed E-state index contributed by atoms with van der Waals surface area (Å²) < 4.78 is 40.9. The lowest BCUT2D eigenvalue weighted by atomic mass is 9.93. The summed E-state index contributed by atoms with van der Waals surface area (Å²) in [4.78, 5) is 20.8. The van der Waals surface area contributed by atoms with Crippen LogP contribution in [0.3, 0.4) is 0 Å². The first-order valence-corrected chi connectivity index (χ1v) is 16.6. The molecule has 1 aromatic heterocycles. The van der Waals surface area contributed by atoms with Crippen molar-refractivity contribution < 1.29 is 22.5 Å². The Kier molecular flexibility index (Phi) is 9.03. The van der Waals surface area contributed by atoms with Crippen molar-refractivity contribution in [1.82, 2.24) is 10.1 Å². The van der Waals surface area contributed by atoms with Gasteiger partial charge in [-0.05, 0) is 75.1 Å². The average Bonchev–Trinajstić information content (AvgIpc) is 3.66. The topological polar surface area (TPSA) is 114 Å². The minimum Gasteiger partial charge on any atom is -0.377 e. The Hall–Kier alpha value is -3.24. The number of carbonyl (C=O) groups excluding carboxylic acids is 1. The number of aromatic nitrogens is 1. The van der Waals surface area contributed by atoms with Crippen LogP contribution in [-0.4, -0.2) is 42.4 Å². The third-order valence-corrected chi connectivity index (χ3v) is 9.96. The zero-order valence-electron chi connectivity index (χ0n) is 25.2. The number of carbonyl (C=O) groups is 1. The fourth-order valence-electron chi connectivity index (χ4n) is 6.07. The second-order valence-corrected chi connectivity index (χ2v) is 13.1. The highest BCUT2D eigenvalue weighted by Gasteiger charge is 2.49. The highest BCUT2D eigenvalue weighted by molar-refractivity contribution is 7.97. The van der Waals surface area contributed by atoms with Gasteiger partial charge in [0.2, 0.25) is 0 Å². The maximum atomic E-state index is 13.7. The standard InChI is InChI=1S/C32H42N4O5S/c1-5-7-14-29-33-32(17-10-11-18-32)31(37)36(29)20-24-15-16-26(25(19-24)21-40-6-2)27-12-8-9-13-28(27)42(38,39)35-30-22(3)23(4)41-34-30/h12-13,15-16,19H,5-11,14,17-18,20-21H2,1-4H3,(H,34,35). The molecule has 2 heterocycles. The van der Waals surface area contributed by atoms with Crippen molar-refractivity contribution in [3.05, 3.63) is 63.3 Å². The number of benzene rings is 1. The van der Waals surface area contributed by atoms with Gasteiger partial charge in [-0.3, -0.25) is 19.4 Å². The molecular weight excluding hydrogens is 552 g/mol. The Balaban J connectivity index is 1.45. The predicted octanol–water partition coefficient (Wildman–Crippen LogP) is 6.57. The molecule has 2 aromatic rings.